The number of benzene rings is 1. The van der Waals surface area contributed by atoms with Gasteiger partial charge in [0.15, 0.2) is 5.82 Å². The van der Waals surface area contributed by atoms with Gasteiger partial charge in [0.1, 0.15) is 18.7 Å². The van der Waals surface area contributed by atoms with E-state index in [-0.39, 0.29) is 12.2 Å². The number of carboxylic acids is 1. The fourth-order valence-corrected chi connectivity index (χ4v) is 1.60. The van der Waals surface area contributed by atoms with Gasteiger partial charge in [0.05, 0.1) is 5.56 Å². The molecule has 0 spiro atoms. The molecule has 18 heavy (non-hydrogen) atoms. The third kappa shape index (κ3) is 2.32. The van der Waals surface area contributed by atoms with Crippen LogP contribution in [0.5, 0.6) is 5.75 Å². The molecule has 94 valence electrons. The van der Waals surface area contributed by atoms with Gasteiger partial charge in [-0.3, -0.25) is 4.68 Å². The molecule has 0 amide bonds. The highest BCUT2D eigenvalue weighted by Crippen LogP contribution is 2.22. The van der Waals surface area contributed by atoms with E-state index in [1.807, 2.05) is 0 Å². The van der Waals surface area contributed by atoms with Gasteiger partial charge in [-0.1, -0.05) is 6.07 Å². The molecule has 2 aromatic rings. The fraction of sp³-hybridized carbons (Fsp3) is 0.250. The monoisotopic (exact) mass is 247 g/mol. The van der Waals surface area contributed by atoms with Crippen LogP contribution >= 0.6 is 0 Å². The predicted molar refractivity (Wildman–Crippen MR) is 63.5 cm³/mol. The van der Waals surface area contributed by atoms with Gasteiger partial charge >= 0.3 is 5.97 Å². The van der Waals surface area contributed by atoms with Crippen LogP contribution in [0.25, 0.3) is 0 Å². The largest absolute Gasteiger partial charge is 0.485 e. The minimum Gasteiger partial charge on any atom is -0.485 e. The number of carboxylic acid groups (broad SMARTS) is 1. The molecule has 1 aromatic carbocycles. The van der Waals surface area contributed by atoms with E-state index in [1.165, 1.54) is 6.33 Å². The van der Waals surface area contributed by atoms with Crippen molar-refractivity contribution in [1.82, 2.24) is 14.8 Å². The van der Waals surface area contributed by atoms with Crippen molar-refractivity contribution in [2.75, 3.05) is 0 Å². The number of ether oxygens (including phenoxy) is 1. The average molecular weight is 247 g/mol. The molecular weight excluding hydrogens is 234 g/mol. The molecule has 0 atom stereocenters. The van der Waals surface area contributed by atoms with Crippen molar-refractivity contribution >= 4 is 5.97 Å². The van der Waals surface area contributed by atoms with Crippen molar-refractivity contribution in [2.45, 2.75) is 13.5 Å². The molecule has 2 rings (SSSR count). The second-order valence-corrected chi connectivity index (χ2v) is 3.82. The zero-order valence-corrected chi connectivity index (χ0v) is 10.1. The molecule has 0 saturated carbocycles. The van der Waals surface area contributed by atoms with E-state index in [9.17, 15) is 4.79 Å². The van der Waals surface area contributed by atoms with E-state index in [2.05, 4.69) is 10.1 Å². The molecule has 0 unspecified atom stereocenters. The highest BCUT2D eigenvalue weighted by molar-refractivity contribution is 5.90. The lowest BCUT2D eigenvalue weighted by Crippen LogP contribution is -2.07. The summed E-state index contributed by atoms with van der Waals surface area (Å²) in [5.41, 5.74) is 0.845. The van der Waals surface area contributed by atoms with E-state index in [1.54, 1.807) is 36.9 Å². The van der Waals surface area contributed by atoms with Crippen LogP contribution in [-0.2, 0) is 13.7 Å². The van der Waals surface area contributed by atoms with Crippen LogP contribution in [0.4, 0.5) is 0 Å². The molecule has 0 radical (unpaired) electrons. The van der Waals surface area contributed by atoms with Crippen LogP contribution in [0.15, 0.2) is 24.5 Å². The predicted octanol–water partition coefficient (Wildman–Crippen LogP) is 1.40. The number of aromatic carboxylic acids is 1. The lowest BCUT2D eigenvalue weighted by molar-refractivity contribution is 0.0695. The van der Waals surface area contributed by atoms with Crippen molar-refractivity contribution < 1.29 is 14.6 Å². The van der Waals surface area contributed by atoms with Gasteiger partial charge in [0.2, 0.25) is 0 Å². The summed E-state index contributed by atoms with van der Waals surface area (Å²) in [5.74, 6) is 0.254. The highest BCUT2D eigenvalue weighted by Gasteiger charge is 2.11. The minimum absolute atomic E-state index is 0.241. The quantitative estimate of drug-likeness (QED) is 0.883. The van der Waals surface area contributed by atoms with Gasteiger partial charge in [-0.2, -0.15) is 5.10 Å². The maximum Gasteiger partial charge on any atom is 0.336 e. The molecule has 1 N–H and O–H groups in total. The first-order chi connectivity index (χ1) is 8.59. The summed E-state index contributed by atoms with van der Waals surface area (Å²) in [6.45, 7) is 1.97. The molecule has 1 heterocycles. The van der Waals surface area contributed by atoms with E-state index in [0.717, 1.165) is 0 Å². The van der Waals surface area contributed by atoms with Gasteiger partial charge in [0.25, 0.3) is 0 Å². The molecule has 6 heteroatoms. The maximum absolute atomic E-state index is 11.0. The summed E-state index contributed by atoms with van der Waals surface area (Å²) in [7, 11) is 1.77. The molecule has 0 bridgehead atoms. The standard InChI is InChI=1S/C12H13N3O3/c1-8-9(12(16)17)4-3-5-10(8)18-6-11-13-7-14-15(11)2/h3-5,7H,6H2,1-2H3,(H,16,17). The topological polar surface area (TPSA) is 77.2 Å². The van der Waals surface area contributed by atoms with Gasteiger partial charge < -0.3 is 9.84 Å². The van der Waals surface area contributed by atoms with Crippen molar-refractivity contribution in [3.05, 3.63) is 41.5 Å². The first kappa shape index (κ1) is 12.1. The van der Waals surface area contributed by atoms with E-state index in [0.29, 0.717) is 17.1 Å². The van der Waals surface area contributed by atoms with Crippen LogP contribution in [-0.4, -0.2) is 25.8 Å². The number of rotatable bonds is 4. The Bertz CT molecular complexity index is 578. The first-order valence-electron chi connectivity index (χ1n) is 5.38. The number of nitrogens with zero attached hydrogens (tertiary/aromatic N) is 3. The Morgan fingerprint density at radius 1 is 1.50 bits per heavy atom. The summed E-state index contributed by atoms with van der Waals surface area (Å²) < 4.78 is 7.17. The smallest absolute Gasteiger partial charge is 0.336 e. The molecule has 0 fully saturated rings. The van der Waals surface area contributed by atoms with Crippen molar-refractivity contribution in [2.24, 2.45) is 7.05 Å². The maximum atomic E-state index is 11.0. The molecule has 0 aliphatic carbocycles. The Kier molecular flexibility index (Phi) is 3.27. The second kappa shape index (κ2) is 4.87. The van der Waals surface area contributed by atoms with Gasteiger partial charge in [0, 0.05) is 12.6 Å². The summed E-state index contributed by atoms with van der Waals surface area (Å²) in [6, 6.07) is 4.94. The summed E-state index contributed by atoms with van der Waals surface area (Å²) in [4.78, 5) is 15.0. The summed E-state index contributed by atoms with van der Waals surface area (Å²) >= 11 is 0. The molecule has 0 saturated heterocycles. The van der Waals surface area contributed by atoms with Crippen LogP contribution in [0.3, 0.4) is 0 Å². The molecule has 1 aromatic heterocycles. The summed E-state index contributed by atoms with van der Waals surface area (Å²) in [5, 5.41) is 12.9. The Morgan fingerprint density at radius 3 is 2.89 bits per heavy atom. The third-order valence-electron chi connectivity index (χ3n) is 2.68. The molecule has 0 aliphatic heterocycles. The Morgan fingerprint density at radius 2 is 2.28 bits per heavy atom. The number of carbonyl (C=O) groups is 1. The lowest BCUT2D eigenvalue weighted by atomic mass is 10.1. The third-order valence-corrected chi connectivity index (χ3v) is 2.68. The van der Waals surface area contributed by atoms with Crippen molar-refractivity contribution in [1.29, 1.82) is 0 Å². The zero-order chi connectivity index (χ0) is 13.1. The Hall–Kier alpha value is -2.37. The van der Waals surface area contributed by atoms with E-state index < -0.39 is 5.97 Å². The Balaban J connectivity index is 2.17. The van der Waals surface area contributed by atoms with Crippen molar-refractivity contribution in [3.8, 4) is 5.75 Å². The summed E-state index contributed by atoms with van der Waals surface area (Å²) in [6.07, 6.45) is 1.44. The van der Waals surface area contributed by atoms with Crippen LogP contribution in [0, 0.1) is 6.92 Å². The van der Waals surface area contributed by atoms with E-state index in [4.69, 9.17) is 9.84 Å². The normalized spacial score (nSPS) is 10.3. The van der Waals surface area contributed by atoms with Gasteiger partial charge in [-0.05, 0) is 19.1 Å². The highest BCUT2D eigenvalue weighted by atomic mass is 16.5. The lowest BCUT2D eigenvalue weighted by Gasteiger charge is -2.10. The second-order valence-electron chi connectivity index (χ2n) is 3.82. The van der Waals surface area contributed by atoms with Gasteiger partial charge in [-0.15, -0.1) is 0 Å². The van der Waals surface area contributed by atoms with Gasteiger partial charge in [-0.25, -0.2) is 9.78 Å². The SMILES string of the molecule is Cc1c(OCc2ncnn2C)cccc1C(=O)O. The molecule has 0 aliphatic rings. The first-order valence-corrected chi connectivity index (χ1v) is 5.38. The number of hydrogen-bond acceptors (Lipinski definition) is 4. The van der Waals surface area contributed by atoms with E-state index >= 15 is 0 Å². The number of aromatic nitrogens is 3. The molecular formula is C12H13N3O3. The average Bonchev–Trinajstić information content (AvgIpc) is 2.73. The fourth-order valence-electron chi connectivity index (χ4n) is 1.60. The minimum atomic E-state index is -0.961. The van der Waals surface area contributed by atoms with Crippen LogP contribution in [0.2, 0.25) is 0 Å². The Labute approximate surface area is 104 Å². The van der Waals surface area contributed by atoms with Crippen molar-refractivity contribution in [3.63, 3.8) is 0 Å². The molecule has 6 nitrogen and oxygen atoms in total. The number of hydrogen-bond donors (Lipinski definition) is 1. The number of aryl methyl sites for hydroxylation is 1. The van der Waals surface area contributed by atoms with Crippen LogP contribution in [0.1, 0.15) is 21.7 Å². The van der Waals surface area contributed by atoms with Crippen LogP contribution < -0.4 is 4.74 Å². The zero-order valence-electron chi connectivity index (χ0n) is 10.1.